The van der Waals surface area contributed by atoms with E-state index in [0.717, 1.165) is 43.4 Å². The summed E-state index contributed by atoms with van der Waals surface area (Å²) in [5.41, 5.74) is 0. The Balaban J connectivity index is 5.10. The number of nitrogens with zero attached hydrogens (tertiary/aromatic N) is 3. The molecule has 1 unspecified atom stereocenters. The van der Waals surface area contributed by atoms with Gasteiger partial charge in [-0.3, -0.25) is 57.3 Å². The number of ether oxygens (including phenoxy) is 2. The van der Waals surface area contributed by atoms with Crippen molar-refractivity contribution in [3.63, 3.8) is 0 Å². The molecule has 0 rings (SSSR count). The molecule has 0 aliphatic heterocycles. The molecule has 0 radical (unpaired) electrons. The van der Waals surface area contributed by atoms with Crippen LogP contribution in [0.3, 0.4) is 0 Å². The first kappa shape index (κ1) is 66.3. The van der Waals surface area contributed by atoms with Crippen LogP contribution in [0.15, 0.2) is 0 Å². The van der Waals surface area contributed by atoms with Gasteiger partial charge in [-0.1, -0.05) is 142 Å². The molecule has 21 nitrogen and oxygen atoms in total. The summed E-state index contributed by atoms with van der Waals surface area (Å²) in [7, 11) is -4.74. The van der Waals surface area contributed by atoms with Gasteiger partial charge in [0.05, 0.1) is 65.1 Å². The number of carboxylic acids is 4. The van der Waals surface area contributed by atoms with Crippen LogP contribution in [0.4, 0.5) is 0 Å². The van der Waals surface area contributed by atoms with Crippen molar-refractivity contribution in [3.8, 4) is 0 Å². The summed E-state index contributed by atoms with van der Waals surface area (Å²) >= 11 is 0. The van der Waals surface area contributed by atoms with Crippen molar-refractivity contribution in [2.45, 2.75) is 168 Å². The van der Waals surface area contributed by atoms with Crippen LogP contribution in [0.25, 0.3) is 0 Å². The number of hydrogen-bond acceptors (Lipinski definition) is 15. The Morgan fingerprint density at radius 1 is 0.457 bits per heavy atom. The minimum Gasteiger partial charge on any atom is -0.480 e. The molecule has 0 aliphatic rings. The number of nitrogens with one attached hydrogen (secondary N) is 1. The number of unbranched alkanes of at least 4 members (excludes halogenated alkanes) is 20. The number of carboxylic acid groups (broad SMARTS) is 4. The van der Waals surface area contributed by atoms with Crippen molar-refractivity contribution in [2.24, 2.45) is 5.92 Å². The topological polar surface area (TPSA) is 296 Å². The molecule has 0 spiro atoms. The fourth-order valence-electron chi connectivity index (χ4n) is 7.45. The fourth-order valence-corrected chi connectivity index (χ4v) is 8.25. The van der Waals surface area contributed by atoms with Crippen LogP contribution in [0.5, 0.6) is 0 Å². The summed E-state index contributed by atoms with van der Waals surface area (Å²) in [4.78, 5) is 97.4. The highest BCUT2D eigenvalue weighted by Gasteiger charge is 2.26. The van der Waals surface area contributed by atoms with E-state index < -0.39 is 101 Å². The average molecular weight is 1030 g/mol. The molecule has 22 heteroatoms. The molecule has 70 heavy (non-hydrogen) atoms. The zero-order chi connectivity index (χ0) is 52.3. The molecule has 0 aliphatic carbocycles. The number of rotatable bonds is 51. The van der Waals surface area contributed by atoms with E-state index in [1.54, 1.807) is 0 Å². The number of hydrogen-bond donors (Lipinski definition) is 6. The Morgan fingerprint density at radius 2 is 0.786 bits per heavy atom. The maximum atomic E-state index is 12.8. The molecule has 1 atom stereocenters. The number of esters is 2. The molecule has 1 amide bonds. The number of phosphoric acid groups is 1. The Labute approximate surface area is 416 Å². The van der Waals surface area contributed by atoms with E-state index in [2.05, 4.69) is 19.2 Å². The number of aliphatic carboxylic acids is 4. The summed E-state index contributed by atoms with van der Waals surface area (Å²) in [6.07, 6.45) is 25.3. The molecule has 6 N–H and O–H groups in total. The first-order valence-electron chi connectivity index (χ1n) is 25.7. The normalized spacial score (nSPS) is 12.4. The lowest BCUT2D eigenvalue weighted by Crippen LogP contribution is -2.46. The predicted molar refractivity (Wildman–Crippen MR) is 262 cm³/mol. The van der Waals surface area contributed by atoms with Gasteiger partial charge in [0.15, 0.2) is 0 Å². The SMILES string of the molecule is CCCCCCCCCCCCCC(=O)OCC(COC(=O)CCCCCCCCCCCCC)COP(=O)(O)OCCNC(=O)CN(CCN(CCN(CC(=O)O)CC(=O)O)CC(=O)O)CC(=O)O. The minimum absolute atomic E-state index is 0.0728. The summed E-state index contributed by atoms with van der Waals surface area (Å²) in [6, 6.07) is 0. The molecule has 0 aromatic rings. The molecular weight excluding hydrogens is 936 g/mol. The smallest absolute Gasteiger partial charge is 0.472 e. The maximum Gasteiger partial charge on any atom is 0.472 e. The molecule has 0 saturated carbocycles. The van der Waals surface area contributed by atoms with Crippen molar-refractivity contribution in [1.29, 1.82) is 0 Å². The molecule has 0 bridgehead atoms. The molecule has 0 fully saturated rings. The van der Waals surface area contributed by atoms with Crippen LogP contribution < -0.4 is 5.32 Å². The highest BCUT2D eigenvalue weighted by molar-refractivity contribution is 7.47. The lowest BCUT2D eigenvalue weighted by Gasteiger charge is -2.27. The van der Waals surface area contributed by atoms with E-state index in [-0.39, 0.29) is 58.8 Å². The Bertz CT molecular complexity index is 1430. The van der Waals surface area contributed by atoms with E-state index in [0.29, 0.717) is 12.8 Å². The van der Waals surface area contributed by atoms with E-state index in [9.17, 15) is 53.2 Å². The van der Waals surface area contributed by atoms with Crippen molar-refractivity contribution >= 4 is 49.5 Å². The van der Waals surface area contributed by atoms with Crippen LogP contribution in [0, 0.1) is 5.92 Å². The first-order chi connectivity index (χ1) is 33.5. The zero-order valence-corrected chi connectivity index (χ0v) is 43.3. The highest BCUT2D eigenvalue weighted by atomic mass is 31.2. The van der Waals surface area contributed by atoms with Crippen molar-refractivity contribution in [3.05, 3.63) is 0 Å². The third-order valence-corrected chi connectivity index (χ3v) is 12.3. The van der Waals surface area contributed by atoms with Crippen molar-refractivity contribution in [1.82, 2.24) is 20.0 Å². The van der Waals surface area contributed by atoms with Gasteiger partial charge in [0, 0.05) is 45.6 Å². The quantitative estimate of drug-likeness (QED) is 0.0213. The van der Waals surface area contributed by atoms with Crippen molar-refractivity contribution < 1.29 is 82.0 Å². The van der Waals surface area contributed by atoms with Crippen molar-refractivity contribution in [2.75, 3.05) is 91.9 Å². The summed E-state index contributed by atoms with van der Waals surface area (Å²) in [5.74, 6) is -7.45. The Kier molecular flexibility index (Phi) is 41.7. The second-order valence-electron chi connectivity index (χ2n) is 18.0. The number of phosphoric ester groups is 1. The summed E-state index contributed by atoms with van der Waals surface area (Å²) in [6.45, 7) is -0.511. The van der Waals surface area contributed by atoms with Gasteiger partial charge in [-0.25, -0.2) is 4.57 Å². The standard InChI is InChI=1S/C48H89N4O17P/c1-3-5-7-9-11-13-15-17-19-21-23-25-47(62)66-38-41(39-67-48(63)26-24-22-20-18-16-14-12-10-8-6-4-2)40-69-70(64,65)68-32-27-49-42(53)33-51(35-44(56)57)30-28-50(34-43(54)55)29-31-52(36-45(58)59)37-46(60)61/h41H,3-40H2,1-2H3,(H,49,53)(H,54,55)(H,56,57)(H,58,59)(H,60,61)(H,64,65). The van der Waals surface area contributed by atoms with E-state index in [1.807, 2.05) is 0 Å². The molecule has 0 aromatic carbocycles. The molecule has 0 saturated heterocycles. The van der Waals surface area contributed by atoms with Gasteiger partial charge in [-0.2, -0.15) is 0 Å². The predicted octanol–water partition coefficient (Wildman–Crippen LogP) is 6.59. The van der Waals surface area contributed by atoms with E-state index >= 15 is 0 Å². The van der Waals surface area contributed by atoms with E-state index in [1.165, 1.54) is 99.7 Å². The van der Waals surface area contributed by atoms with Crippen LogP contribution >= 0.6 is 7.82 Å². The van der Waals surface area contributed by atoms with Gasteiger partial charge in [-0.15, -0.1) is 0 Å². The second-order valence-corrected chi connectivity index (χ2v) is 19.5. The molecule has 0 heterocycles. The lowest BCUT2D eigenvalue weighted by atomic mass is 10.1. The monoisotopic (exact) mass is 1020 g/mol. The van der Waals surface area contributed by atoms with Gasteiger partial charge in [0.2, 0.25) is 5.91 Å². The molecule has 0 aromatic heterocycles. The fraction of sp³-hybridized carbons (Fsp3) is 0.854. The number of amides is 1. The van der Waals surface area contributed by atoms with Gasteiger partial charge >= 0.3 is 43.6 Å². The first-order valence-corrected chi connectivity index (χ1v) is 27.2. The number of carbonyl (C=O) groups is 7. The summed E-state index contributed by atoms with van der Waals surface area (Å²) in [5, 5.41) is 39.4. The van der Waals surface area contributed by atoms with E-state index in [4.69, 9.17) is 28.7 Å². The van der Waals surface area contributed by atoms with Crippen LogP contribution in [-0.2, 0) is 56.6 Å². The Hall–Kier alpha value is -3.72. The molecular formula is C48H89N4O17P. The van der Waals surface area contributed by atoms with Crippen LogP contribution in [0.2, 0.25) is 0 Å². The highest BCUT2D eigenvalue weighted by Crippen LogP contribution is 2.43. The third-order valence-electron chi connectivity index (χ3n) is 11.3. The minimum atomic E-state index is -4.74. The Morgan fingerprint density at radius 3 is 1.16 bits per heavy atom. The van der Waals surface area contributed by atoms with Crippen LogP contribution in [0.1, 0.15) is 168 Å². The average Bonchev–Trinajstić information content (AvgIpc) is 3.28. The van der Waals surface area contributed by atoms with Crippen LogP contribution in [-0.4, -0.2) is 174 Å². The van der Waals surface area contributed by atoms with Gasteiger partial charge in [0.25, 0.3) is 0 Å². The van der Waals surface area contributed by atoms with Gasteiger partial charge in [0.1, 0.15) is 0 Å². The molecule has 408 valence electrons. The third kappa shape index (κ3) is 44.2. The van der Waals surface area contributed by atoms with Gasteiger partial charge < -0.3 is 40.1 Å². The van der Waals surface area contributed by atoms with Gasteiger partial charge in [-0.05, 0) is 12.8 Å². The zero-order valence-electron chi connectivity index (χ0n) is 42.4. The second kappa shape index (κ2) is 44.0. The lowest BCUT2D eigenvalue weighted by molar-refractivity contribution is -0.150. The summed E-state index contributed by atoms with van der Waals surface area (Å²) < 4.78 is 33.9. The number of carbonyl (C=O) groups excluding carboxylic acids is 3. The maximum absolute atomic E-state index is 12.8. The largest absolute Gasteiger partial charge is 0.480 e.